The van der Waals surface area contributed by atoms with Gasteiger partial charge in [-0.2, -0.15) is 0 Å². The van der Waals surface area contributed by atoms with Crippen molar-refractivity contribution in [3.05, 3.63) is 277 Å². The SMILES string of the molecule is [2H]C1=C([2H])C(N(c2ccc3c(c2)C(c2ccccc2)(c2ccccc2)c2ccccc2-3)c2c([2H])c([2H])c(C3=CC(C=C)C(C=C)C=C3)c([2H])c2[2H])C([2H])C([2H])=C1c1ccc(CCC=C)c(CCC=C)c1. The van der Waals surface area contributed by atoms with Gasteiger partial charge >= 0.3 is 0 Å². The second kappa shape index (κ2) is 17.9. The van der Waals surface area contributed by atoms with Gasteiger partial charge < -0.3 is 4.90 Å². The molecule has 0 saturated carbocycles. The first-order valence-corrected chi connectivity index (χ1v) is 21.5. The van der Waals surface area contributed by atoms with Gasteiger partial charge in [-0.25, -0.2) is 0 Å². The van der Waals surface area contributed by atoms with E-state index in [4.69, 9.17) is 0 Å². The summed E-state index contributed by atoms with van der Waals surface area (Å²) in [5.41, 5.74) is 8.82. The first kappa shape index (κ1) is 31.8. The fourth-order valence-corrected chi connectivity index (χ4v) is 9.38. The molecule has 3 aliphatic rings. The van der Waals surface area contributed by atoms with Crippen LogP contribution in [-0.4, -0.2) is 6.04 Å². The van der Waals surface area contributed by atoms with Gasteiger partial charge in [-0.15, -0.1) is 26.3 Å². The van der Waals surface area contributed by atoms with Gasteiger partial charge in [0.2, 0.25) is 0 Å². The molecule has 9 rings (SSSR count). The summed E-state index contributed by atoms with van der Waals surface area (Å²) in [5.74, 6) is -0.237. The van der Waals surface area contributed by atoms with Crippen molar-refractivity contribution < 1.29 is 11.0 Å². The Kier molecular flexibility index (Phi) is 9.22. The zero-order valence-corrected chi connectivity index (χ0v) is 35.0. The number of rotatable bonds is 15. The molecule has 0 heterocycles. The van der Waals surface area contributed by atoms with E-state index in [1.807, 2.05) is 109 Å². The van der Waals surface area contributed by atoms with Gasteiger partial charge in [0, 0.05) is 24.6 Å². The normalized spacial score (nSPS) is 21.6. The van der Waals surface area contributed by atoms with Crippen LogP contribution in [0, 0.1) is 11.8 Å². The summed E-state index contributed by atoms with van der Waals surface area (Å²) in [5, 5.41) is 0. The lowest BCUT2D eigenvalue weighted by atomic mass is 9.67. The van der Waals surface area contributed by atoms with Gasteiger partial charge in [0.05, 0.1) is 21.1 Å². The summed E-state index contributed by atoms with van der Waals surface area (Å²) in [6.07, 6.45) is 14.4. The minimum atomic E-state index is -1.50. The fraction of sp³-hybridized carbons (Fsp3) is 0.148. The highest BCUT2D eigenvalue weighted by Crippen LogP contribution is 2.57. The van der Waals surface area contributed by atoms with Crippen molar-refractivity contribution in [2.75, 3.05) is 4.90 Å². The second-order valence-corrected chi connectivity index (χ2v) is 16.0. The van der Waals surface area contributed by atoms with E-state index in [9.17, 15) is 11.0 Å². The Balaban J connectivity index is 1.30. The standard InChI is InChI=1S/C61H55N/c1-5-9-19-46-28-30-51(42-49(46)20-10-6-2)48-33-37-55(38-34-48)62(54-35-31-47(32-36-54)50-29-27-44(7-3)45(8-4)41-50)56-39-40-58-57-25-17-18-26-59(57)61(60(58)43-56,52-21-13-11-14-22-52)53-23-15-12-16-24-53/h5-8,11-18,21-37,39-45,55H,1-4,9-10,19-20,38H2/i31D,32D,33D,34D,35D,36D,37D,38D. The third-order valence-corrected chi connectivity index (χ3v) is 12.5. The molecule has 4 atom stereocenters. The number of allylic oxidation sites excluding steroid dienone is 10. The van der Waals surface area contributed by atoms with Crippen LogP contribution in [0.15, 0.2) is 233 Å². The topological polar surface area (TPSA) is 3.24 Å². The smallest absolute Gasteiger partial charge is 0.0714 e. The van der Waals surface area contributed by atoms with Gasteiger partial charge in [-0.3, -0.25) is 0 Å². The molecule has 0 radical (unpaired) electrons. The van der Waals surface area contributed by atoms with Gasteiger partial charge in [-0.1, -0.05) is 182 Å². The lowest BCUT2D eigenvalue weighted by Gasteiger charge is -2.36. The molecule has 0 fully saturated rings. The van der Waals surface area contributed by atoms with E-state index in [-0.39, 0.29) is 71.0 Å². The average molecular weight is 810 g/mol. The zero-order valence-electron chi connectivity index (χ0n) is 43.0. The van der Waals surface area contributed by atoms with Crippen LogP contribution in [0.4, 0.5) is 11.4 Å². The zero-order chi connectivity index (χ0) is 49.4. The third kappa shape index (κ3) is 7.43. The van der Waals surface area contributed by atoms with E-state index >= 15 is 0 Å². The third-order valence-electron chi connectivity index (χ3n) is 12.5. The highest BCUT2D eigenvalue weighted by Gasteiger charge is 2.46. The van der Waals surface area contributed by atoms with E-state index in [1.165, 1.54) is 4.90 Å². The average Bonchev–Trinajstić information content (AvgIpc) is 3.69. The lowest BCUT2D eigenvalue weighted by molar-refractivity contribution is 0.673. The monoisotopic (exact) mass is 809 g/mol. The van der Waals surface area contributed by atoms with Crippen LogP contribution < -0.4 is 4.90 Å². The number of benzene rings is 6. The largest absolute Gasteiger partial charge is 0.334 e. The van der Waals surface area contributed by atoms with Crippen molar-refractivity contribution in [3.8, 4) is 11.1 Å². The predicted octanol–water partition coefficient (Wildman–Crippen LogP) is 15.4. The van der Waals surface area contributed by atoms with Crippen molar-refractivity contribution in [1.29, 1.82) is 0 Å². The lowest BCUT2D eigenvalue weighted by Crippen LogP contribution is -2.31. The van der Waals surface area contributed by atoms with Crippen molar-refractivity contribution in [1.82, 2.24) is 0 Å². The maximum atomic E-state index is 10.00. The summed E-state index contributed by atoms with van der Waals surface area (Å²) in [6.45, 7) is 15.8. The summed E-state index contributed by atoms with van der Waals surface area (Å²) >= 11 is 0. The number of hydrogen-bond acceptors (Lipinski definition) is 1. The van der Waals surface area contributed by atoms with Crippen LogP contribution in [0.2, 0.25) is 0 Å². The second-order valence-electron chi connectivity index (χ2n) is 16.0. The predicted molar refractivity (Wildman–Crippen MR) is 266 cm³/mol. The Morgan fingerprint density at radius 3 is 1.98 bits per heavy atom. The molecule has 62 heavy (non-hydrogen) atoms. The fourth-order valence-electron chi connectivity index (χ4n) is 9.38. The van der Waals surface area contributed by atoms with E-state index in [2.05, 4.69) is 62.7 Å². The summed E-state index contributed by atoms with van der Waals surface area (Å²) in [6, 6.07) is 37.0. The molecule has 1 nitrogen and oxygen atoms in total. The van der Waals surface area contributed by atoms with Gasteiger partial charge in [0.25, 0.3) is 0 Å². The van der Waals surface area contributed by atoms with Crippen LogP contribution in [0.1, 0.15) is 74.7 Å². The maximum Gasteiger partial charge on any atom is 0.0714 e. The number of anilines is 2. The molecular weight excluding hydrogens is 747 g/mol. The Hall–Kier alpha value is -6.96. The van der Waals surface area contributed by atoms with Crippen LogP contribution in [0.3, 0.4) is 0 Å². The molecule has 6 aromatic carbocycles. The molecule has 0 spiro atoms. The molecule has 0 aliphatic heterocycles. The van der Waals surface area contributed by atoms with Gasteiger partial charge in [-0.05, 0) is 123 Å². The van der Waals surface area contributed by atoms with Crippen molar-refractivity contribution in [2.24, 2.45) is 11.8 Å². The van der Waals surface area contributed by atoms with Gasteiger partial charge in [0.1, 0.15) is 0 Å². The summed E-state index contributed by atoms with van der Waals surface area (Å²) in [7, 11) is 0. The van der Waals surface area contributed by atoms with Crippen molar-refractivity contribution >= 4 is 22.5 Å². The minimum absolute atomic E-state index is 0.0530. The van der Waals surface area contributed by atoms with Crippen LogP contribution >= 0.6 is 0 Å². The molecule has 0 bridgehead atoms. The van der Waals surface area contributed by atoms with Crippen molar-refractivity contribution in [3.63, 3.8) is 0 Å². The molecule has 304 valence electrons. The van der Waals surface area contributed by atoms with E-state index in [1.54, 1.807) is 18.2 Å². The highest BCUT2D eigenvalue weighted by molar-refractivity contribution is 5.89. The van der Waals surface area contributed by atoms with E-state index in [0.29, 0.717) is 23.2 Å². The molecule has 3 aliphatic carbocycles. The van der Waals surface area contributed by atoms with E-state index in [0.717, 1.165) is 63.8 Å². The maximum absolute atomic E-state index is 10.00. The minimum Gasteiger partial charge on any atom is -0.334 e. The number of aryl methyl sites for hydroxylation is 2. The molecule has 1 heteroatoms. The molecule has 0 amide bonds. The highest BCUT2D eigenvalue weighted by atomic mass is 15.2. The Bertz CT molecular complexity index is 3130. The van der Waals surface area contributed by atoms with Gasteiger partial charge in [0.15, 0.2) is 0 Å². The van der Waals surface area contributed by atoms with Crippen LogP contribution in [0.5, 0.6) is 0 Å². The molecule has 6 aromatic rings. The molecular formula is C61H55N. The number of fused-ring (bicyclic) bond motifs is 3. The Morgan fingerprint density at radius 2 is 1.29 bits per heavy atom. The summed E-state index contributed by atoms with van der Waals surface area (Å²) in [4.78, 5) is 1.54. The Morgan fingerprint density at radius 1 is 0.629 bits per heavy atom. The number of nitrogens with zero attached hydrogens (tertiary/aromatic N) is 1. The molecule has 0 saturated heterocycles. The van der Waals surface area contributed by atoms with Crippen molar-refractivity contribution in [2.45, 2.75) is 43.5 Å². The summed E-state index contributed by atoms with van der Waals surface area (Å²) < 4.78 is 78.3. The van der Waals surface area contributed by atoms with Crippen LogP contribution in [-0.2, 0) is 18.3 Å². The first-order chi connectivity index (χ1) is 33.9. The first-order valence-electron chi connectivity index (χ1n) is 25.6. The van der Waals surface area contributed by atoms with E-state index < -0.39 is 17.9 Å². The molecule has 0 N–H and O–H groups in total. The molecule has 4 unspecified atom stereocenters. The van der Waals surface area contributed by atoms with Crippen LogP contribution in [0.25, 0.3) is 22.3 Å². The molecule has 0 aromatic heterocycles. The quantitative estimate of drug-likeness (QED) is 0.0933. The number of hydrogen-bond donors (Lipinski definition) is 0. The Labute approximate surface area is 380 Å².